The summed E-state index contributed by atoms with van der Waals surface area (Å²) in [5, 5.41) is 5.19. The number of hydrogen-bond donors (Lipinski definition) is 1. The zero-order valence-electron chi connectivity index (χ0n) is 21.4. The number of carbonyl (C=O) groups excluding carboxylic acids is 1. The van der Waals surface area contributed by atoms with Gasteiger partial charge in [0, 0.05) is 22.0 Å². The second kappa shape index (κ2) is 12.6. The van der Waals surface area contributed by atoms with Gasteiger partial charge in [-0.3, -0.25) is 4.79 Å². The van der Waals surface area contributed by atoms with Gasteiger partial charge < -0.3 is 9.30 Å². The van der Waals surface area contributed by atoms with Crippen LogP contribution in [0, 0.1) is 6.92 Å². The third-order valence-corrected chi connectivity index (χ3v) is 7.35. The summed E-state index contributed by atoms with van der Waals surface area (Å²) in [6.45, 7) is 2.40. The van der Waals surface area contributed by atoms with Crippen LogP contribution in [-0.2, 0) is 6.61 Å². The van der Waals surface area contributed by atoms with E-state index < -0.39 is 0 Å². The smallest absolute Gasteiger partial charge is 0.271 e. The lowest BCUT2D eigenvalue weighted by molar-refractivity contribution is 0.0955. The summed E-state index contributed by atoms with van der Waals surface area (Å²) in [5.41, 5.74) is 9.03. The molecule has 5 rings (SSSR count). The molecule has 0 aliphatic heterocycles. The molecule has 0 saturated carbocycles. The molecule has 1 aromatic heterocycles. The highest BCUT2D eigenvalue weighted by atomic mass is 79.9. The van der Waals surface area contributed by atoms with E-state index >= 15 is 0 Å². The molecule has 0 aliphatic rings. The molecule has 200 valence electrons. The highest BCUT2D eigenvalue weighted by molar-refractivity contribution is 9.10. The summed E-state index contributed by atoms with van der Waals surface area (Å²) in [4.78, 5) is 12.7. The summed E-state index contributed by atoms with van der Waals surface area (Å²) in [6.07, 6.45) is 1.53. The largest absolute Gasteiger partial charge is 0.486 e. The van der Waals surface area contributed by atoms with Crippen molar-refractivity contribution in [2.24, 2.45) is 5.10 Å². The Hall–Kier alpha value is -3.84. The third kappa shape index (κ3) is 6.48. The summed E-state index contributed by atoms with van der Waals surface area (Å²) in [6, 6.07) is 32.8. The molecule has 5 aromatic rings. The van der Waals surface area contributed by atoms with E-state index in [1.807, 2.05) is 60.7 Å². The van der Waals surface area contributed by atoms with Crippen LogP contribution in [0.5, 0.6) is 5.75 Å². The Morgan fingerprint density at radius 3 is 2.38 bits per heavy atom. The van der Waals surface area contributed by atoms with Crippen LogP contribution in [0.25, 0.3) is 16.9 Å². The molecule has 4 aromatic carbocycles. The van der Waals surface area contributed by atoms with E-state index in [4.69, 9.17) is 27.9 Å². The molecule has 5 nitrogen and oxygen atoms in total. The molecule has 1 N–H and O–H groups in total. The van der Waals surface area contributed by atoms with Crippen molar-refractivity contribution in [3.63, 3.8) is 0 Å². The SMILES string of the molecule is Cc1ccc(-c2ccccc2)n1-c1ccc(C(=O)N/N=C/c2cc(Cl)c(OCc3ccc(Cl)cc3)c(Br)c2)cc1. The van der Waals surface area contributed by atoms with E-state index in [1.165, 1.54) is 6.21 Å². The minimum Gasteiger partial charge on any atom is -0.486 e. The van der Waals surface area contributed by atoms with Crippen molar-refractivity contribution < 1.29 is 9.53 Å². The zero-order valence-corrected chi connectivity index (χ0v) is 24.5. The first kappa shape index (κ1) is 27.7. The van der Waals surface area contributed by atoms with E-state index in [9.17, 15) is 4.79 Å². The number of benzene rings is 4. The van der Waals surface area contributed by atoms with Crippen LogP contribution in [0.1, 0.15) is 27.2 Å². The number of nitrogens with one attached hydrogen (secondary N) is 1. The Morgan fingerprint density at radius 1 is 0.950 bits per heavy atom. The van der Waals surface area contributed by atoms with Crippen LogP contribution in [0.3, 0.4) is 0 Å². The average Bonchev–Trinajstić information content (AvgIpc) is 3.35. The lowest BCUT2D eigenvalue weighted by Gasteiger charge is -2.13. The molecule has 0 spiro atoms. The van der Waals surface area contributed by atoms with Gasteiger partial charge in [0.15, 0.2) is 5.75 Å². The average molecular weight is 633 g/mol. The molecule has 8 heteroatoms. The van der Waals surface area contributed by atoms with Crippen molar-refractivity contribution in [1.82, 2.24) is 9.99 Å². The van der Waals surface area contributed by atoms with Gasteiger partial charge in [0.25, 0.3) is 5.91 Å². The molecule has 1 heterocycles. The minimum atomic E-state index is -0.316. The van der Waals surface area contributed by atoms with Crippen LogP contribution < -0.4 is 10.2 Å². The number of nitrogens with zero attached hydrogens (tertiary/aromatic N) is 2. The summed E-state index contributed by atoms with van der Waals surface area (Å²) in [7, 11) is 0. The number of carbonyl (C=O) groups is 1. The molecule has 0 bridgehead atoms. The molecule has 0 aliphatic carbocycles. The molecule has 0 saturated heterocycles. The van der Waals surface area contributed by atoms with Crippen molar-refractivity contribution in [2.75, 3.05) is 0 Å². The van der Waals surface area contributed by atoms with E-state index in [-0.39, 0.29) is 5.91 Å². The maximum absolute atomic E-state index is 12.7. The lowest BCUT2D eigenvalue weighted by atomic mass is 10.1. The number of ether oxygens (including phenoxy) is 1. The lowest BCUT2D eigenvalue weighted by Crippen LogP contribution is -2.17. The van der Waals surface area contributed by atoms with Gasteiger partial charge in [-0.25, -0.2) is 5.43 Å². The molecule has 0 fully saturated rings. The van der Waals surface area contributed by atoms with E-state index in [2.05, 4.69) is 62.2 Å². The predicted octanol–water partition coefficient (Wildman–Crippen LogP) is 8.86. The van der Waals surface area contributed by atoms with E-state index in [0.717, 1.165) is 28.2 Å². The van der Waals surface area contributed by atoms with Gasteiger partial charge in [-0.2, -0.15) is 5.10 Å². The van der Waals surface area contributed by atoms with Crippen molar-refractivity contribution in [2.45, 2.75) is 13.5 Å². The Morgan fingerprint density at radius 2 is 1.68 bits per heavy atom. The van der Waals surface area contributed by atoms with Gasteiger partial charge in [0.05, 0.1) is 21.4 Å². The molecule has 40 heavy (non-hydrogen) atoms. The second-order valence-electron chi connectivity index (χ2n) is 9.04. The van der Waals surface area contributed by atoms with Gasteiger partial charge >= 0.3 is 0 Å². The van der Waals surface area contributed by atoms with Crippen molar-refractivity contribution in [1.29, 1.82) is 0 Å². The quantitative estimate of drug-likeness (QED) is 0.137. The highest BCUT2D eigenvalue weighted by Crippen LogP contribution is 2.35. The minimum absolute atomic E-state index is 0.316. The van der Waals surface area contributed by atoms with Gasteiger partial charge in [-0.05, 0) is 100 Å². The maximum Gasteiger partial charge on any atom is 0.271 e. The monoisotopic (exact) mass is 631 g/mol. The first-order valence-electron chi connectivity index (χ1n) is 12.4. The molecule has 1 amide bonds. The number of aromatic nitrogens is 1. The topological polar surface area (TPSA) is 55.6 Å². The van der Waals surface area contributed by atoms with Crippen molar-refractivity contribution in [3.05, 3.63) is 140 Å². The van der Waals surface area contributed by atoms with Crippen molar-refractivity contribution in [3.8, 4) is 22.7 Å². The molecule has 0 unspecified atom stereocenters. The Bertz CT molecular complexity index is 1640. The maximum atomic E-state index is 12.7. The van der Waals surface area contributed by atoms with Gasteiger partial charge in [0.2, 0.25) is 0 Å². The fourth-order valence-corrected chi connectivity index (χ4v) is 5.35. The normalized spacial score (nSPS) is 11.1. The number of aryl methyl sites for hydroxylation is 1. The molecule has 0 radical (unpaired) electrons. The summed E-state index contributed by atoms with van der Waals surface area (Å²) < 4.78 is 8.73. The van der Waals surface area contributed by atoms with Crippen LogP contribution in [0.15, 0.2) is 113 Å². The highest BCUT2D eigenvalue weighted by Gasteiger charge is 2.12. The fraction of sp³-hybridized carbons (Fsp3) is 0.0625. The zero-order chi connectivity index (χ0) is 28.1. The number of amides is 1. The fourth-order valence-electron chi connectivity index (χ4n) is 4.24. The first-order chi connectivity index (χ1) is 19.4. The van der Waals surface area contributed by atoms with Crippen LogP contribution in [-0.4, -0.2) is 16.7 Å². The van der Waals surface area contributed by atoms with Gasteiger partial charge in [0.1, 0.15) is 6.61 Å². The number of halogens is 3. The predicted molar refractivity (Wildman–Crippen MR) is 166 cm³/mol. The van der Waals surface area contributed by atoms with Crippen molar-refractivity contribution >= 4 is 51.3 Å². The van der Waals surface area contributed by atoms with Crippen LogP contribution >= 0.6 is 39.1 Å². The van der Waals surface area contributed by atoms with E-state index in [0.29, 0.717) is 38.0 Å². The van der Waals surface area contributed by atoms with Gasteiger partial charge in [-0.15, -0.1) is 0 Å². The Balaban J connectivity index is 1.23. The summed E-state index contributed by atoms with van der Waals surface area (Å²) >= 11 is 15.9. The molecular formula is C32H24BrCl2N3O2. The standard InChI is InChI=1S/C32H24BrCl2N3O2/c1-21-7-16-30(24-5-3-2-4-6-24)38(21)27-14-10-25(11-15-27)32(39)37-36-19-23-17-28(33)31(29(35)18-23)40-20-22-8-12-26(34)13-9-22/h2-19H,20H2,1H3,(H,37,39)/b36-19+. The van der Waals surface area contributed by atoms with Crippen LogP contribution in [0.2, 0.25) is 10.0 Å². The molecule has 0 atom stereocenters. The summed E-state index contributed by atoms with van der Waals surface area (Å²) in [5.74, 6) is 0.203. The van der Waals surface area contributed by atoms with Crippen LogP contribution in [0.4, 0.5) is 0 Å². The Labute approximate surface area is 251 Å². The molecular weight excluding hydrogens is 609 g/mol. The van der Waals surface area contributed by atoms with Gasteiger partial charge in [-0.1, -0.05) is 65.7 Å². The van der Waals surface area contributed by atoms with E-state index in [1.54, 1.807) is 18.2 Å². The third-order valence-electron chi connectivity index (χ3n) is 6.23. The second-order valence-corrected chi connectivity index (χ2v) is 10.7. The number of hydrogen-bond acceptors (Lipinski definition) is 3. The Kier molecular flexibility index (Phi) is 8.70. The first-order valence-corrected chi connectivity index (χ1v) is 14.0. The number of hydrazone groups is 1. The number of rotatable bonds is 8.